The number of nitrogens with one attached hydrogen (secondary N) is 1. The minimum Gasteiger partial charge on any atom is -0.469 e. The van der Waals surface area contributed by atoms with Crippen molar-refractivity contribution in [3.63, 3.8) is 0 Å². The normalized spacial score (nSPS) is 29.9. The lowest BCUT2D eigenvalue weighted by Crippen LogP contribution is -2.62. The number of carbonyl (C=O) groups is 1. The summed E-state index contributed by atoms with van der Waals surface area (Å²) in [5.74, 6) is 0.970. The largest absolute Gasteiger partial charge is 0.469 e. The van der Waals surface area contributed by atoms with E-state index < -0.39 is 0 Å². The molecular formula is C17H32IN5O2. The van der Waals surface area contributed by atoms with E-state index in [1.54, 1.807) is 0 Å². The zero-order valence-electron chi connectivity index (χ0n) is 15.4. The second-order valence-electron chi connectivity index (χ2n) is 6.97. The highest BCUT2D eigenvalue weighted by molar-refractivity contribution is 14.0. The number of methoxy groups -OCH3 is 1. The Morgan fingerprint density at radius 2 is 1.84 bits per heavy atom. The Morgan fingerprint density at radius 3 is 2.36 bits per heavy atom. The molecule has 1 N–H and O–H groups in total. The van der Waals surface area contributed by atoms with E-state index >= 15 is 0 Å². The van der Waals surface area contributed by atoms with Crippen molar-refractivity contribution in [2.45, 2.75) is 25.8 Å². The number of piperidine rings is 1. The van der Waals surface area contributed by atoms with Crippen LogP contribution in [0.25, 0.3) is 0 Å². The van der Waals surface area contributed by atoms with E-state index in [2.05, 4.69) is 26.9 Å². The molecule has 4 heterocycles. The summed E-state index contributed by atoms with van der Waals surface area (Å²) in [5.41, 5.74) is 0. The fourth-order valence-electron chi connectivity index (χ4n) is 4.01. The summed E-state index contributed by atoms with van der Waals surface area (Å²) in [6.45, 7) is 11.5. The van der Waals surface area contributed by atoms with Crippen molar-refractivity contribution in [2.75, 3.05) is 66.0 Å². The lowest BCUT2D eigenvalue weighted by molar-refractivity contribution is -0.146. The standard InChI is InChI=1S/C17H31N5O2.HI/c1-3-18-17(22-6-4-14(5-7-22)16(23)24-2)19-12-15-13-20-8-10-21(15)11-9-20;/h14-15H,3-13H2,1-2H3,(H,18,19);1H. The molecule has 0 aromatic rings. The number of carbonyl (C=O) groups excluding carboxylic acids is 1. The molecule has 144 valence electrons. The zero-order valence-corrected chi connectivity index (χ0v) is 17.8. The quantitative estimate of drug-likeness (QED) is 0.282. The summed E-state index contributed by atoms with van der Waals surface area (Å²) in [7, 11) is 1.48. The predicted molar refractivity (Wildman–Crippen MR) is 110 cm³/mol. The van der Waals surface area contributed by atoms with Gasteiger partial charge in [-0.25, -0.2) is 0 Å². The molecule has 8 heteroatoms. The highest BCUT2D eigenvalue weighted by Crippen LogP contribution is 2.19. The lowest BCUT2D eigenvalue weighted by atomic mass is 9.97. The predicted octanol–water partition coefficient (Wildman–Crippen LogP) is 0.455. The summed E-state index contributed by atoms with van der Waals surface area (Å²) < 4.78 is 4.87. The molecule has 0 amide bonds. The average molecular weight is 465 g/mol. The number of hydrogen-bond donors (Lipinski definition) is 1. The monoisotopic (exact) mass is 465 g/mol. The molecule has 2 bridgehead atoms. The van der Waals surface area contributed by atoms with Crippen LogP contribution in [0.15, 0.2) is 4.99 Å². The maximum absolute atomic E-state index is 11.7. The topological polar surface area (TPSA) is 60.4 Å². The highest BCUT2D eigenvalue weighted by Gasteiger charge is 2.32. The van der Waals surface area contributed by atoms with Crippen LogP contribution in [0, 0.1) is 5.92 Å². The molecule has 0 radical (unpaired) electrons. The van der Waals surface area contributed by atoms with Gasteiger partial charge in [-0.3, -0.25) is 19.6 Å². The number of ether oxygens (including phenoxy) is 1. The molecule has 0 aromatic heterocycles. The number of rotatable bonds is 4. The van der Waals surface area contributed by atoms with Gasteiger partial charge in [0, 0.05) is 58.4 Å². The van der Waals surface area contributed by atoms with Crippen molar-refractivity contribution in [2.24, 2.45) is 10.9 Å². The molecule has 4 saturated heterocycles. The number of esters is 1. The lowest BCUT2D eigenvalue weighted by Gasteiger charge is -2.47. The number of aliphatic imine (C=N–C) groups is 1. The SMILES string of the molecule is CCNC(=NCC1CN2CCN1CC2)N1CCC(C(=O)OC)CC1.I. The number of fused-ring (bicyclic) bond motifs is 3. The van der Waals surface area contributed by atoms with Crippen LogP contribution in [0.3, 0.4) is 0 Å². The van der Waals surface area contributed by atoms with Gasteiger partial charge in [-0.15, -0.1) is 24.0 Å². The van der Waals surface area contributed by atoms with Gasteiger partial charge in [0.2, 0.25) is 0 Å². The van der Waals surface area contributed by atoms with Gasteiger partial charge in [-0.05, 0) is 19.8 Å². The van der Waals surface area contributed by atoms with Gasteiger partial charge in [0.05, 0.1) is 19.6 Å². The fraction of sp³-hybridized carbons (Fsp3) is 0.882. The van der Waals surface area contributed by atoms with Crippen LogP contribution in [0.2, 0.25) is 0 Å². The van der Waals surface area contributed by atoms with Crippen LogP contribution >= 0.6 is 24.0 Å². The van der Waals surface area contributed by atoms with Gasteiger partial charge in [0.1, 0.15) is 0 Å². The number of halogens is 1. The van der Waals surface area contributed by atoms with Crippen molar-refractivity contribution in [1.82, 2.24) is 20.0 Å². The van der Waals surface area contributed by atoms with E-state index in [1.165, 1.54) is 33.3 Å². The number of nitrogens with zero attached hydrogens (tertiary/aromatic N) is 4. The van der Waals surface area contributed by atoms with Crippen molar-refractivity contribution >= 4 is 35.9 Å². The van der Waals surface area contributed by atoms with Gasteiger partial charge in [-0.2, -0.15) is 0 Å². The van der Waals surface area contributed by atoms with E-state index in [-0.39, 0.29) is 35.9 Å². The highest BCUT2D eigenvalue weighted by atomic mass is 127. The van der Waals surface area contributed by atoms with E-state index in [1.807, 2.05) is 0 Å². The number of piperazine rings is 3. The minimum absolute atomic E-state index is 0. The molecule has 4 aliphatic rings. The first-order chi connectivity index (χ1) is 11.7. The molecular weight excluding hydrogens is 433 g/mol. The van der Waals surface area contributed by atoms with Crippen LogP contribution in [-0.4, -0.2) is 98.7 Å². The van der Waals surface area contributed by atoms with Crippen molar-refractivity contribution < 1.29 is 9.53 Å². The van der Waals surface area contributed by atoms with Crippen LogP contribution in [0.1, 0.15) is 19.8 Å². The van der Waals surface area contributed by atoms with Crippen LogP contribution in [-0.2, 0) is 9.53 Å². The van der Waals surface area contributed by atoms with Gasteiger partial charge < -0.3 is 15.0 Å². The first kappa shape index (κ1) is 20.7. The summed E-state index contributed by atoms with van der Waals surface area (Å²) in [4.78, 5) is 24.0. The Labute approximate surface area is 168 Å². The summed E-state index contributed by atoms with van der Waals surface area (Å²) in [5, 5.41) is 3.42. The first-order valence-corrected chi connectivity index (χ1v) is 9.28. The second kappa shape index (κ2) is 9.91. The van der Waals surface area contributed by atoms with Crippen molar-refractivity contribution in [3.05, 3.63) is 0 Å². The number of hydrogen-bond acceptors (Lipinski definition) is 5. The Bertz CT molecular complexity index is 460. The van der Waals surface area contributed by atoms with Gasteiger partial charge in [0.15, 0.2) is 5.96 Å². The van der Waals surface area contributed by atoms with Gasteiger partial charge in [-0.1, -0.05) is 0 Å². The molecule has 0 aliphatic carbocycles. The molecule has 4 fully saturated rings. The van der Waals surface area contributed by atoms with E-state index in [0.29, 0.717) is 6.04 Å². The third-order valence-electron chi connectivity index (χ3n) is 5.51. The maximum atomic E-state index is 11.7. The van der Waals surface area contributed by atoms with E-state index in [4.69, 9.17) is 9.73 Å². The van der Waals surface area contributed by atoms with Gasteiger partial charge in [0.25, 0.3) is 0 Å². The third-order valence-corrected chi connectivity index (χ3v) is 5.51. The fourth-order valence-corrected chi connectivity index (χ4v) is 4.01. The molecule has 1 atom stereocenters. The number of guanidine groups is 1. The van der Waals surface area contributed by atoms with Crippen molar-refractivity contribution in [3.8, 4) is 0 Å². The van der Waals surface area contributed by atoms with E-state index in [0.717, 1.165) is 51.5 Å². The summed E-state index contributed by atoms with van der Waals surface area (Å²) in [6, 6.07) is 0.550. The maximum Gasteiger partial charge on any atom is 0.308 e. The Hall–Kier alpha value is -0.610. The Morgan fingerprint density at radius 1 is 1.16 bits per heavy atom. The molecule has 4 rings (SSSR count). The smallest absolute Gasteiger partial charge is 0.308 e. The van der Waals surface area contributed by atoms with Crippen LogP contribution in [0.5, 0.6) is 0 Å². The first-order valence-electron chi connectivity index (χ1n) is 9.28. The Balaban J connectivity index is 0.00000225. The molecule has 25 heavy (non-hydrogen) atoms. The molecule has 1 unspecified atom stereocenters. The van der Waals surface area contributed by atoms with Crippen LogP contribution in [0.4, 0.5) is 0 Å². The molecule has 0 aromatic carbocycles. The summed E-state index contributed by atoms with van der Waals surface area (Å²) in [6.07, 6.45) is 1.70. The number of likely N-dealkylation sites (tertiary alicyclic amines) is 1. The second-order valence-corrected chi connectivity index (χ2v) is 6.97. The van der Waals surface area contributed by atoms with Crippen molar-refractivity contribution in [1.29, 1.82) is 0 Å². The molecule has 7 nitrogen and oxygen atoms in total. The minimum atomic E-state index is -0.0725. The Kier molecular flexibility index (Phi) is 8.21. The van der Waals surface area contributed by atoms with E-state index in [9.17, 15) is 4.79 Å². The molecule has 0 spiro atoms. The zero-order chi connectivity index (χ0) is 16.9. The molecule has 4 aliphatic heterocycles. The van der Waals surface area contributed by atoms with Gasteiger partial charge >= 0.3 is 5.97 Å². The molecule has 0 saturated carbocycles. The summed E-state index contributed by atoms with van der Waals surface area (Å²) >= 11 is 0. The average Bonchev–Trinajstić information content (AvgIpc) is 2.65. The van der Waals surface area contributed by atoms with Crippen LogP contribution < -0.4 is 5.32 Å². The third kappa shape index (κ3) is 5.19.